The number of thiophene rings is 1. The summed E-state index contributed by atoms with van der Waals surface area (Å²) in [6.45, 7) is 3.93. The van der Waals surface area contributed by atoms with Gasteiger partial charge in [0.05, 0.1) is 11.3 Å². The standard InChI is InChI=1S/C20H21N3O4S/c1-13-5-7-15(8-6-13)12-21-20(25)14(2)26-18(24)10-9-17-22-19(23-27-17)16-4-3-11-28-16/h3-8,11,14H,9-10,12H2,1-2H3,(H,21,25)/t14-/m1/s1. The van der Waals surface area contributed by atoms with Gasteiger partial charge in [0, 0.05) is 13.0 Å². The monoisotopic (exact) mass is 399 g/mol. The smallest absolute Gasteiger partial charge is 0.307 e. The lowest BCUT2D eigenvalue weighted by atomic mass is 10.1. The van der Waals surface area contributed by atoms with Crippen molar-refractivity contribution in [3.05, 3.63) is 58.8 Å². The van der Waals surface area contributed by atoms with Gasteiger partial charge in [0.25, 0.3) is 5.91 Å². The van der Waals surface area contributed by atoms with E-state index < -0.39 is 12.1 Å². The van der Waals surface area contributed by atoms with Gasteiger partial charge in [-0.15, -0.1) is 11.3 Å². The normalized spacial score (nSPS) is 11.8. The van der Waals surface area contributed by atoms with Gasteiger partial charge in [-0.1, -0.05) is 41.1 Å². The molecule has 0 spiro atoms. The van der Waals surface area contributed by atoms with Crippen molar-refractivity contribution in [2.75, 3.05) is 0 Å². The van der Waals surface area contributed by atoms with Gasteiger partial charge < -0.3 is 14.6 Å². The van der Waals surface area contributed by atoms with E-state index in [9.17, 15) is 9.59 Å². The van der Waals surface area contributed by atoms with E-state index in [1.165, 1.54) is 11.3 Å². The summed E-state index contributed by atoms with van der Waals surface area (Å²) in [7, 11) is 0. The van der Waals surface area contributed by atoms with Crippen LogP contribution >= 0.6 is 11.3 Å². The number of nitrogens with one attached hydrogen (secondary N) is 1. The van der Waals surface area contributed by atoms with Gasteiger partial charge in [0.1, 0.15) is 0 Å². The van der Waals surface area contributed by atoms with Crippen LogP contribution in [-0.2, 0) is 27.3 Å². The van der Waals surface area contributed by atoms with E-state index in [1.807, 2.05) is 48.7 Å². The highest BCUT2D eigenvalue weighted by molar-refractivity contribution is 7.13. The summed E-state index contributed by atoms with van der Waals surface area (Å²) < 4.78 is 10.3. The summed E-state index contributed by atoms with van der Waals surface area (Å²) in [5.74, 6) is 0.0274. The van der Waals surface area contributed by atoms with E-state index in [1.54, 1.807) is 6.92 Å². The number of hydrogen-bond donors (Lipinski definition) is 1. The van der Waals surface area contributed by atoms with E-state index in [0.29, 0.717) is 18.3 Å². The molecular formula is C20H21N3O4S. The number of esters is 1. The summed E-state index contributed by atoms with van der Waals surface area (Å²) in [6, 6.07) is 11.6. The maximum atomic E-state index is 12.1. The van der Waals surface area contributed by atoms with E-state index >= 15 is 0 Å². The molecule has 0 unspecified atom stereocenters. The first-order valence-corrected chi connectivity index (χ1v) is 9.78. The number of benzene rings is 1. The SMILES string of the molecule is Cc1ccc(CNC(=O)[C@@H](C)OC(=O)CCc2nc(-c3cccs3)no2)cc1. The van der Waals surface area contributed by atoms with Gasteiger partial charge in [-0.25, -0.2) is 0 Å². The van der Waals surface area contributed by atoms with Crippen LogP contribution in [0.2, 0.25) is 0 Å². The molecule has 7 nitrogen and oxygen atoms in total. The van der Waals surface area contributed by atoms with E-state index in [2.05, 4.69) is 15.5 Å². The molecule has 3 aromatic rings. The molecular weight excluding hydrogens is 378 g/mol. The molecule has 1 aromatic carbocycles. The Morgan fingerprint density at radius 1 is 1.25 bits per heavy atom. The fourth-order valence-electron chi connectivity index (χ4n) is 2.42. The minimum atomic E-state index is -0.873. The number of carbonyl (C=O) groups excluding carboxylic acids is 2. The van der Waals surface area contributed by atoms with Gasteiger partial charge in [0.2, 0.25) is 11.7 Å². The van der Waals surface area contributed by atoms with E-state index in [4.69, 9.17) is 9.26 Å². The first-order chi connectivity index (χ1) is 13.5. The van der Waals surface area contributed by atoms with E-state index in [0.717, 1.165) is 16.0 Å². The molecule has 2 heterocycles. The molecule has 0 aliphatic carbocycles. The van der Waals surface area contributed by atoms with Crippen LogP contribution in [0.25, 0.3) is 10.7 Å². The molecule has 28 heavy (non-hydrogen) atoms. The Morgan fingerprint density at radius 3 is 2.75 bits per heavy atom. The number of carbonyl (C=O) groups is 2. The minimum absolute atomic E-state index is 0.0572. The van der Waals surface area contributed by atoms with Crippen molar-refractivity contribution in [1.29, 1.82) is 0 Å². The molecule has 0 saturated carbocycles. The second-order valence-electron chi connectivity index (χ2n) is 6.32. The molecule has 0 bridgehead atoms. The van der Waals surface area contributed by atoms with Gasteiger partial charge in [-0.3, -0.25) is 9.59 Å². The number of hydrogen-bond acceptors (Lipinski definition) is 7. The first-order valence-electron chi connectivity index (χ1n) is 8.90. The Labute approximate surface area is 166 Å². The molecule has 0 aliphatic rings. The molecule has 2 aromatic heterocycles. The third kappa shape index (κ3) is 5.50. The zero-order chi connectivity index (χ0) is 19.9. The summed E-state index contributed by atoms with van der Waals surface area (Å²) in [4.78, 5) is 29.2. The molecule has 0 aliphatic heterocycles. The molecule has 0 fully saturated rings. The van der Waals surface area contributed by atoms with Crippen LogP contribution in [0.3, 0.4) is 0 Å². The Hall–Kier alpha value is -3.00. The Kier molecular flexibility index (Phi) is 6.54. The maximum Gasteiger partial charge on any atom is 0.307 e. The lowest BCUT2D eigenvalue weighted by Crippen LogP contribution is -2.35. The fraction of sp³-hybridized carbons (Fsp3) is 0.300. The predicted molar refractivity (Wildman–Crippen MR) is 105 cm³/mol. The van der Waals surface area contributed by atoms with Crippen LogP contribution in [0.5, 0.6) is 0 Å². The summed E-state index contributed by atoms with van der Waals surface area (Å²) >= 11 is 1.51. The van der Waals surface area contributed by atoms with Crippen molar-refractivity contribution >= 4 is 23.2 Å². The van der Waals surface area contributed by atoms with Gasteiger partial charge in [-0.05, 0) is 30.9 Å². The van der Waals surface area contributed by atoms with Crippen molar-refractivity contribution < 1.29 is 18.8 Å². The third-order valence-corrected chi connectivity index (χ3v) is 4.88. The number of ether oxygens (including phenoxy) is 1. The molecule has 1 amide bonds. The van der Waals surface area contributed by atoms with Crippen molar-refractivity contribution in [3.8, 4) is 10.7 Å². The van der Waals surface area contributed by atoms with Crippen molar-refractivity contribution in [2.24, 2.45) is 0 Å². The maximum absolute atomic E-state index is 12.1. The Balaban J connectivity index is 1.41. The molecule has 8 heteroatoms. The molecule has 0 saturated heterocycles. The largest absolute Gasteiger partial charge is 0.453 e. The number of aryl methyl sites for hydroxylation is 2. The predicted octanol–water partition coefficient (Wildman–Crippen LogP) is 3.29. The Bertz CT molecular complexity index is 919. The van der Waals surface area contributed by atoms with Crippen LogP contribution in [0, 0.1) is 6.92 Å². The molecule has 0 radical (unpaired) electrons. The van der Waals surface area contributed by atoms with Gasteiger partial charge >= 0.3 is 5.97 Å². The summed E-state index contributed by atoms with van der Waals surface area (Å²) in [6.07, 6.45) is -0.557. The average Bonchev–Trinajstić information content (AvgIpc) is 3.37. The minimum Gasteiger partial charge on any atom is -0.453 e. The topological polar surface area (TPSA) is 94.3 Å². The van der Waals surface area contributed by atoms with E-state index in [-0.39, 0.29) is 18.7 Å². The highest BCUT2D eigenvalue weighted by Gasteiger charge is 2.18. The number of rotatable bonds is 8. The molecule has 1 atom stereocenters. The van der Waals surface area contributed by atoms with Gasteiger partial charge in [-0.2, -0.15) is 4.98 Å². The molecule has 3 rings (SSSR count). The zero-order valence-electron chi connectivity index (χ0n) is 15.7. The summed E-state index contributed by atoms with van der Waals surface area (Å²) in [5, 5.41) is 8.58. The van der Waals surface area contributed by atoms with Crippen LogP contribution < -0.4 is 5.32 Å². The second kappa shape index (κ2) is 9.27. The Morgan fingerprint density at radius 2 is 2.04 bits per heavy atom. The van der Waals surface area contributed by atoms with Crippen molar-refractivity contribution in [3.63, 3.8) is 0 Å². The molecule has 1 N–H and O–H groups in total. The van der Waals surface area contributed by atoms with Crippen LogP contribution in [0.4, 0.5) is 0 Å². The fourth-order valence-corrected chi connectivity index (χ4v) is 3.07. The second-order valence-corrected chi connectivity index (χ2v) is 7.27. The van der Waals surface area contributed by atoms with Crippen LogP contribution in [-0.4, -0.2) is 28.1 Å². The third-order valence-electron chi connectivity index (χ3n) is 4.02. The highest BCUT2D eigenvalue weighted by Crippen LogP contribution is 2.21. The lowest BCUT2D eigenvalue weighted by Gasteiger charge is -2.13. The number of nitrogens with zero attached hydrogens (tertiary/aromatic N) is 2. The number of aromatic nitrogens is 2. The first kappa shape index (κ1) is 19.8. The highest BCUT2D eigenvalue weighted by atomic mass is 32.1. The average molecular weight is 399 g/mol. The number of amides is 1. The zero-order valence-corrected chi connectivity index (χ0v) is 16.5. The molecule has 146 valence electrons. The van der Waals surface area contributed by atoms with Crippen molar-refractivity contribution in [2.45, 2.75) is 39.3 Å². The van der Waals surface area contributed by atoms with Crippen molar-refractivity contribution in [1.82, 2.24) is 15.5 Å². The quantitative estimate of drug-likeness (QED) is 0.584. The lowest BCUT2D eigenvalue weighted by molar-refractivity contribution is -0.154. The van der Waals surface area contributed by atoms with Gasteiger partial charge in [0.15, 0.2) is 6.10 Å². The summed E-state index contributed by atoms with van der Waals surface area (Å²) in [5.41, 5.74) is 2.14. The van der Waals surface area contributed by atoms with Crippen LogP contribution in [0.15, 0.2) is 46.3 Å². The van der Waals surface area contributed by atoms with Crippen LogP contribution in [0.1, 0.15) is 30.4 Å².